The van der Waals surface area contributed by atoms with Crippen LogP contribution >= 0.6 is 27.5 Å². The predicted molar refractivity (Wildman–Crippen MR) is 82.7 cm³/mol. The fourth-order valence-corrected chi connectivity index (χ4v) is 2.16. The van der Waals surface area contributed by atoms with Crippen LogP contribution in [0.25, 0.3) is 0 Å². The summed E-state index contributed by atoms with van der Waals surface area (Å²) in [4.78, 5) is 12.1. The first-order valence-electron chi connectivity index (χ1n) is 5.60. The number of aryl methyl sites for hydroxylation is 1. The van der Waals surface area contributed by atoms with Crippen LogP contribution in [0.3, 0.4) is 0 Å². The minimum atomic E-state index is -0.258. The summed E-state index contributed by atoms with van der Waals surface area (Å²) in [6.45, 7) is 1.95. The number of hydrogen-bond acceptors (Lipinski definition) is 2. The normalized spacial score (nSPS) is 10.3. The Morgan fingerprint density at radius 1 is 1.26 bits per heavy atom. The van der Waals surface area contributed by atoms with Crippen molar-refractivity contribution >= 4 is 44.8 Å². The zero-order valence-electron chi connectivity index (χ0n) is 10.2. The van der Waals surface area contributed by atoms with Crippen molar-refractivity contribution in [2.75, 3.05) is 11.1 Å². The zero-order chi connectivity index (χ0) is 14.0. The fraction of sp³-hybridized carbons (Fsp3) is 0.0714. The van der Waals surface area contributed by atoms with E-state index in [0.29, 0.717) is 16.3 Å². The molecule has 2 rings (SSSR count). The number of hydrogen-bond donors (Lipinski definition) is 2. The number of carbonyl (C=O) groups excluding carboxylic acids is 1. The van der Waals surface area contributed by atoms with Crippen LogP contribution in [0.1, 0.15) is 15.9 Å². The summed E-state index contributed by atoms with van der Waals surface area (Å²) in [6, 6.07) is 10.4. The van der Waals surface area contributed by atoms with Gasteiger partial charge in [0, 0.05) is 15.8 Å². The number of halogens is 2. The molecule has 0 spiro atoms. The lowest BCUT2D eigenvalue weighted by Gasteiger charge is -2.08. The van der Waals surface area contributed by atoms with E-state index in [-0.39, 0.29) is 5.91 Å². The van der Waals surface area contributed by atoms with Crippen molar-refractivity contribution in [2.45, 2.75) is 6.92 Å². The van der Waals surface area contributed by atoms with E-state index in [9.17, 15) is 4.79 Å². The van der Waals surface area contributed by atoms with E-state index in [1.54, 1.807) is 18.2 Å². The Labute approximate surface area is 124 Å². The van der Waals surface area contributed by atoms with E-state index in [1.165, 1.54) is 0 Å². The minimum Gasteiger partial charge on any atom is -0.399 e. The summed E-state index contributed by atoms with van der Waals surface area (Å²) in [5.41, 5.74) is 8.29. The molecule has 1 amide bonds. The van der Waals surface area contributed by atoms with Crippen molar-refractivity contribution in [2.24, 2.45) is 0 Å². The third-order valence-corrected chi connectivity index (χ3v) is 3.86. The number of nitrogen functional groups attached to an aromatic ring is 1. The van der Waals surface area contributed by atoms with E-state index in [2.05, 4.69) is 21.2 Å². The van der Waals surface area contributed by atoms with E-state index >= 15 is 0 Å². The summed E-state index contributed by atoms with van der Waals surface area (Å²) < 4.78 is 0.996. The van der Waals surface area contributed by atoms with E-state index in [4.69, 9.17) is 17.3 Å². The van der Waals surface area contributed by atoms with Gasteiger partial charge in [-0.2, -0.15) is 0 Å². The van der Waals surface area contributed by atoms with Gasteiger partial charge in [0.25, 0.3) is 5.91 Å². The molecule has 2 aromatic carbocycles. The quantitative estimate of drug-likeness (QED) is 0.804. The van der Waals surface area contributed by atoms with Gasteiger partial charge in [0.2, 0.25) is 0 Å². The van der Waals surface area contributed by atoms with Crippen LogP contribution in [-0.2, 0) is 0 Å². The van der Waals surface area contributed by atoms with Gasteiger partial charge in [-0.05, 0) is 48.9 Å². The Morgan fingerprint density at radius 2 is 2.00 bits per heavy atom. The lowest BCUT2D eigenvalue weighted by atomic mass is 10.1. The van der Waals surface area contributed by atoms with Crippen LogP contribution in [-0.4, -0.2) is 5.91 Å². The molecule has 19 heavy (non-hydrogen) atoms. The van der Waals surface area contributed by atoms with Gasteiger partial charge in [0.15, 0.2) is 0 Å². The van der Waals surface area contributed by atoms with Crippen molar-refractivity contribution in [3.8, 4) is 0 Å². The maximum atomic E-state index is 12.1. The highest BCUT2D eigenvalue weighted by Crippen LogP contribution is 2.23. The van der Waals surface area contributed by atoms with Crippen molar-refractivity contribution in [3.63, 3.8) is 0 Å². The fourth-order valence-electron chi connectivity index (χ4n) is 1.64. The monoisotopic (exact) mass is 338 g/mol. The molecule has 0 radical (unpaired) electrons. The molecule has 0 aliphatic heterocycles. The first-order chi connectivity index (χ1) is 8.97. The topological polar surface area (TPSA) is 55.1 Å². The molecule has 0 aliphatic carbocycles. The zero-order valence-corrected chi connectivity index (χ0v) is 12.5. The Bertz CT molecular complexity index is 643. The molecule has 98 valence electrons. The second-order valence-electron chi connectivity index (χ2n) is 4.16. The van der Waals surface area contributed by atoms with Gasteiger partial charge in [0.1, 0.15) is 0 Å². The third-order valence-electron chi connectivity index (χ3n) is 2.65. The van der Waals surface area contributed by atoms with Gasteiger partial charge in [0.05, 0.1) is 10.6 Å². The maximum absolute atomic E-state index is 12.1. The van der Waals surface area contributed by atoms with Gasteiger partial charge in [-0.15, -0.1) is 0 Å². The first-order valence-corrected chi connectivity index (χ1v) is 6.77. The molecule has 0 fully saturated rings. The molecule has 0 atom stereocenters. The van der Waals surface area contributed by atoms with E-state index in [0.717, 1.165) is 15.7 Å². The van der Waals surface area contributed by atoms with Gasteiger partial charge >= 0.3 is 0 Å². The van der Waals surface area contributed by atoms with Gasteiger partial charge in [-0.3, -0.25) is 4.79 Å². The summed E-state index contributed by atoms with van der Waals surface area (Å²) in [7, 11) is 0. The molecule has 3 N–H and O–H groups in total. The molecule has 0 saturated carbocycles. The maximum Gasteiger partial charge on any atom is 0.257 e. The predicted octanol–water partition coefficient (Wildman–Crippen LogP) is 4.25. The van der Waals surface area contributed by atoms with Crippen molar-refractivity contribution in [1.29, 1.82) is 0 Å². The first kappa shape index (κ1) is 13.9. The van der Waals surface area contributed by atoms with Gasteiger partial charge < -0.3 is 11.1 Å². The van der Waals surface area contributed by atoms with E-state index < -0.39 is 0 Å². The number of anilines is 2. The molecule has 0 bridgehead atoms. The number of carbonyl (C=O) groups is 1. The molecular formula is C14H12BrClN2O. The minimum absolute atomic E-state index is 0.258. The Kier molecular flexibility index (Phi) is 4.12. The lowest BCUT2D eigenvalue weighted by molar-refractivity contribution is 0.102. The van der Waals surface area contributed by atoms with Crippen LogP contribution in [0.2, 0.25) is 5.02 Å². The molecule has 3 nitrogen and oxygen atoms in total. The Morgan fingerprint density at radius 3 is 2.63 bits per heavy atom. The summed E-state index contributed by atoms with van der Waals surface area (Å²) >= 11 is 9.41. The average Bonchev–Trinajstić information content (AvgIpc) is 2.33. The second-order valence-corrected chi connectivity index (χ2v) is 5.42. The highest BCUT2D eigenvalue weighted by atomic mass is 79.9. The SMILES string of the molecule is Cc1cc(NC(=O)c2ccc(N)cc2Cl)ccc1Br. The van der Waals surface area contributed by atoms with Gasteiger partial charge in [-0.25, -0.2) is 0 Å². The molecule has 5 heteroatoms. The van der Waals surface area contributed by atoms with Crippen LogP contribution in [0.15, 0.2) is 40.9 Å². The molecule has 2 aromatic rings. The summed E-state index contributed by atoms with van der Waals surface area (Å²) in [6.07, 6.45) is 0. The van der Waals surface area contributed by atoms with Crippen molar-refractivity contribution in [3.05, 3.63) is 57.0 Å². The lowest BCUT2D eigenvalue weighted by Crippen LogP contribution is -2.12. The third kappa shape index (κ3) is 3.28. The van der Waals surface area contributed by atoms with Crippen molar-refractivity contribution < 1.29 is 4.79 Å². The number of rotatable bonds is 2. The molecular weight excluding hydrogens is 328 g/mol. The van der Waals surface area contributed by atoms with Crippen LogP contribution in [0.4, 0.5) is 11.4 Å². The van der Waals surface area contributed by atoms with Crippen LogP contribution < -0.4 is 11.1 Å². The highest BCUT2D eigenvalue weighted by molar-refractivity contribution is 9.10. The molecule has 0 saturated heterocycles. The summed E-state index contributed by atoms with van der Waals surface area (Å²) in [5.74, 6) is -0.258. The summed E-state index contributed by atoms with van der Waals surface area (Å²) in [5, 5.41) is 3.14. The number of benzene rings is 2. The molecule has 0 heterocycles. The smallest absolute Gasteiger partial charge is 0.257 e. The second kappa shape index (κ2) is 5.63. The highest BCUT2D eigenvalue weighted by Gasteiger charge is 2.11. The Hall–Kier alpha value is -1.52. The van der Waals surface area contributed by atoms with Crippen LogP contribution in [0.5, 0.6) is 0 Å². The van der Waals surface area contributed by atoms with Crippen molar-refractivity contribution in [1.82, 2.24) is 0 Å². The average molecular weight is 340 g/mol. The molecule has 0 aromatic heterocycles. The van der Waals surface area contributed by atoms with E-state index in [1.807, 2.05) is 25.1 Å². The molecule has 0 unspecified atom stereocenters. The van der Waals surface area contributed by atoms with Crippen LogP contribution in [0, 0.1) is 6.92 Å². The molecule has 0 aliphatic rings. The number of amides is 1. The number of nitrogens with two attached hydrogens (primary N) is 1. The largest absolute Gasteiger partial charge is 0.399 e. The standard InChI is InChI=1S/C14H12BrClN2O/c1-8-6-10(3-5-12(8)15)18-14(19)11-4-2-9(17)7-13(11)16/h2-7H,17H2,1H3,(H,18,19). The van der Waals surface area contributed by atoms with Gasteiger partial charge in [-0.1, -0.05) is 27.5 Å². The number of nitrogens with one attached hydrogen (secondary N) is 1. The Balaban J connectivity index is 2.23.